The lowest BCUT2D eigenvalue weighted by Gasteiger charge is -2.34. The first kappa shape index (κ1) is 19.0. The van der Waals surface area contributed by atoms with Crippen LogP contribution in [0.2, 0.25) is 0 Å². The number of nitrogens with zero attached hydrogens (tertiary/aromatic N) is 2. The van der Waals surface area contributed by atoms with Gasteiger partial charge in [0.2, 0.25) is 0 Å². The first-order valence-corrected chi connectivity index (χ1v) is 9.67. The Morgan fingerprint density at radius 1 is 1.14 bits per heavy atom. The zero-order valence-corrected chi connectivity index (χ0v) is 16.3. The number of aromatic nitrogens is 1. The molecule has 2 N–H and O–H groups in total. The van der Waals surface area contributed by atoms with Crippen molar-refractivity contribution < 1.29 is 9.53 Å². The normalized spacial score (nSPS) is 16.3. The summed E-state index contributed by atoms with van der Waals surface area (Å²) in [5, 5.41) is 6.44. The van der Waals surface area contributed by atoms with Gasteiger partial charge in [0, 0.05) is 43.6 Å². The third kappa shape index (κ3) is 4.55. The van der Waals surface area contributed by atoms with E-state index in [4.69, 9.17) is 4.74 Å². The van der Waals surface area contributed by atoms with Crippen molar-refractivity contribution in [2.24, 2.45) is 0 Å². The molecule has 2 aromatic carbocycles. The third-order valence-electron chi connectivity index (χ3n) is 5.04. The molecule has 0 spiro atoms. The van der Waals surface area contributed by atoms with Gasteiger partial charge in [0.05, 0.1) is 12.7 Å². The molecule has 29 heavy (non-hydrogen) atoms. The summed E-state index contributed by atoms with van der Waals surface area (Å²) >= 11 is 0. The van der Waals surface area contributed by atoms with Crippen LogP contribution < -0.4 is 20.3 Å². The monoisotopic (exact) mass is 388 g/mol. The largest absolute Gasteiger partial charge is 0.497 e. The van der Waals surface area contributed by atoms with Crippen LogP contribution in [0.25, 0.3) is 0 Å². The fourth-order valence-corrected chi connectivity index (χ4v) is 3.48. The van der Waals surface area contributed by atoms with Crippen molar-refractivity contribution in [2.75, 3.05) is 37.0 Å². The minimum atomic E-state index is -0.195. The Morgan fingerprint density at radius 3 is 2.76 bits per heavy atom. The molecule has 1 aliphatic rings. The van der Waals surface area contributed by atoms with Crippen molar-refractivity contribution in [2.45, 2.75) is 6.04 Å². The number of pyridine rings is 1. The first-order chi connectivity index (χ1) is 14.2. The number of nitrogens with one attached hydrogen (secondary N) is 2. The van der Waals surface area contributed by atoms with E-state index in [1.165, 1.54) is 5.56 Å². The molecule has 148 valence electrons. The smallest absolute Gasteiger partial charge is 0.257 e. The zero-order chi connectivity index (χ0) is 20.1. The van der Waals surface area contributed by atoms with E-state index in [0.29, 0.717) is 17.0 Å². The number of ether oxygens (including phenoxy) is 1. The van der Waals surface area contributed by atoms with E-state index in [9.17, 15) is 4.79 Å². The summed E-state index contributed by atoms with van der Waals surface area (Å²) in [5.74, 6) is 1.38. The zero-order valence-electron chi connectivity index (χ0n) is 16.3. The lowest BCUT2D eigenvalue weighted by atomic mass is 10.0. The number of piperazine rings is 1. The second kappa shape index (κ2) is 8.75. The molecule has 0 radical (unpaired) electrons. The molecule has 0 aliphatic carbocycles. The van der Waals surface area contributed by atoms with Crippen LogP contribution in [0.3, 0.4) is 0 Å². The van der Waals surface area contributed by atoms with Gasteiger partial charge in [-0.3, -0.25) is 4.79 Å². The van der Waals surface area contributed by atoms with Crippen molar-refractivity contribution in [3.63, 3.8) is 0 Å². The molecule has 1 aliphatic heterocycles. The second-order valence-corrected chi connectivity index (χ2v) is 6.95. The first-order valence-electron chi connectivity index (χ1n) is 9.67. The standard InChI is InChI=1S/C23H24N4O2/c1-29-20-9-5-8-19(14-20)26-23(28)18-10-11-22(25-15-18)27-13-12-24-21(16-27)17-6-3-2-4-7-17/h2-11,14-15,21,24H,12-13,16H2,1H3,(H,26,28)/t21-/m0/s1. The minimum absolute atomic E-state index is 0.195. The number of amides is 1. The molecule has 1 aromatic heterocycles. The maximum atomic E-state index is 12.5. The lowest BCUT2D eigenvalue weighted by Crippen LogP contribution is -2.46. The van der Waals surface area contributed by atoms with Gasteiger partial charge in [-0.05, 0) is 29.8 Å². The Hall–Kier alpha value is -3.38. The molecular formula is C23H24N4O2. The molecular weight excluding hydrogens is 364 g/mol. The summed E-state index contributed by atoms with van der Waals surface area (Å²) in [6.45, 7) is 2.61. The van der Waals surface area contributed by atoms with E-state index in [-0.39, 0.29) is 11.9 Å². The third-order valence-corrected chi connectivity index (χ3v) is 5.04. The number of benzene rings is 2. The van der Waals surface area contributed by atoms with Gasteiger partial charge in [-0.25, -0.2) is 4.98 Å². The number of rotatable bonds is 5. The molecule has 6 nitrogen and oxygen atoms in total. The summed E-state index contributed by atoms with van der Waals surface area (Å²) in [4.78, 5) is 19.3. The average molecular weight is 388 g/mol. The highest BCUT2D eigenvalue weighted by Gasteiger charge is 2.21. The van der Waals surface area contributed by atoms with Crippen molar-refractivity contribution in [3.05, 3.63) is 84.1 Å². The van der Waals surface area contributed by atoms with Crippen molar-refractivity contribution in [1.29, 1.82) is 0 Å². The van der Waals surface area contributed by atoms with Gasteiger partial charge in [0.1, 0.15) is 11.6 Å². The maximum Gasteiger partial charge on any atom is 0.257 e. The fraction of sp³-hybridized carbons (Fsp3) is 0.217. The van der Waals surface area contributed by atoms with Gasteiger partial charge in [0.25, 0.3) is 5.91 Å². The summed E-state index contributed by atoms with van der Waals surface area (Å²) in [6.07, 6.45) is 1.63. The molecule has 6 heteroatoms. The molecule has 1 atom stereocenters. The number of anilines is 2. The highest BCUT2D eigenvalue weighted by Crippen LogP contribution is 2.22. The predicted octanol–water partition coefficient (Wildman–Crippen LogP) is 3.49. The molecule has 3 aromatic rings. The van der Waals surface area contributed by atoms with E-state index in [1.807, 2.05) is 36.4 Å². The maximum absolute atomic E-state index is 12.5. The molecule has 1 saturated heterocycles. The van der Waals surface area contributed by atoms with E-state index >= 15 is 0 Å². The van der Waals surface area contributed by atoms with Crippen LogP contribution in [0.1, 0.15) is 22.0 Å². The van der Waals surface area contributed by atoms with E-state index in [0.717, 1.165) is 25.5 Å². The Bertz CT molecular complexity index is 960. The van der Waals surface area contributed by atoms with Crippen LogP contribution in [0, 0.1) is 0 Å². The summed E-state index contributed by atoms with van der Waals surface area (Å²) in [6, 6.07) is 21.7. The van der Waals surface area contributed by atoms with Crippen LogP contribution in [0.4, 0.5) is 11.5 Å². The Labute approximate surface area is 170 Å². The lowest BCUT2D eigenvalue weighted by molar-refractivity contribution is 0.102. The van der Waals surface area contributed by atoms with Gasteiger partial charge in [0.15, 0.2) is 0 Å². The Kier molecular flexibility index (Phi) is 5.72. The van der Waals surface area contributed by atoms with E-state index < -0.39 is 0 Å². The van der Waals surface area contributed by atoms with E-state index in [1.54, 1.807) is 19.4 Å². The molecule has 1 fully saturated rings. The van der Waals surface area contributed by atoms with Crippen LogP contribution in [0.15, 0.2) is 72.9 Å². The van der Waals surface area contributed by atoms with Crippen LogP contribution in [-0.4, -0.2) is 37.6 Å². The molecule has 0 bridgehead atoms. The Balaban J connectivity index is 1.42. The molecule has 1 amide bonds. The van der Waals surface area contributed by atoms with Crippen LogP contribution in [0.5, 0.6) is 5.75 Å². The van der Waals surface area contributed by atoms with Gasteiger partial charge >= 0.3 is 0 Å². The summed E-state index contributed by atoms with van der Waals surface area (Å²) in [7, 11) is 1.60. The fourth-order valence-electron chi connectivity index (χ4n) is 3.48. The van der Waals surface area contributed by atoms with Gasteiger partial charge < -0.3 is 20.3 Å². The number of carbonyl (C=O) groups excluding carboxylic acids is 1. The molecule has 2 heterocycles. The number of hydrogen-bond acceptors (Lipinski definition) is 5. The van der Waals surface area contributed by atoms with Crippen molar-refractivity contribution in [3.8, 4) is 5.75 Å². The molecule has 0 saturated carbocycles. The predicted molar refractivity (Wildman–Crippen MR) is 115 cm³/mol. The van der Waals surface area contributed by atoms with Gasteiger partial charge in [-0.15, -0.1) is 0 Å². The molecule has 0 unspecified atom stereocenters. The van der Waals surface area contributed by atoms with Gasteiger partial charge in [-0.2, -0.15) is 0 Å². The summed E-state index contributed by atoms with van der Waals surface area (Å²) < 4.78 is 5.19. The highest BCUT2D eigenvalue weighted by atomic mass is 16.5. The number of hydrogen-bond donors (Lipinski definition) is 2. The number of carbonyl (C=O) groups is 1. The topological polar surface area (TPSA) is 66.5 Å². The molecule has 4 rings (SSSR count). The highest BCUT2D eigenvalue weighted by molar-refractivity contribution is 6.04. The van der Waals surface area contributed by atoms with Crippen molar-refractivity contribution in [1.82, 2.24) is 10.3 Å². The minimum Gasteiger partial charge on any atom is -0.497 e. The number of methoxy groups -OCH3 is 1. The van der Waals surface area contributed by atoms with Crippen LogP contribution in [-0.2, 0) is 0 Å². The quantitative estimate of drug-likeness (QED) is 0.700. The SMILES string of the molecule is COc1cccc(NC(=O)c2ccc(N3CCN[C@H](c4ccccc4)C3)nc2)c1. The van der Waals surface area contributed by atoms with Crippen LogP contribution >= 0.6 is 0 Å². The Morgan fingerprint density at radius 2 is 2.00 bits per heavy atom. The summed E-state index contributed by atoms with van der Waals surface area (Å²) in [5.41, 5.74) is 2.48. The van der Waals surface area contributed by atoms with Gasteiger partial charge in [-0.1, -0.05) is 36.4 Å². The second-order valence-electron chi connectivity index (χ2n) is 6.95. The average Bonchev–Trinajstić information content (AvgIpc) is 2.80. The van der Waals surface area contributed by atoms with E-state index in [2.05, 4.69) is 44.8 Å². The van der Waals surface area contributed by atoms with Crippen molar-refractivity contribution >= 4 is 17.4 Å².